The van der Waals surface area contributed by atoms with E-state index in [2.05, 4.69) is 69.4 Å². The van der Waals surface area contributed by atoms with Crippen LogP contribution >= 0.6 is 15.9 Å². The summed E-state index contributed by atoms with van der Waals surface area (Å²) in [6, 6.07) is 19.2. The fraction of sp³-hybridized carbons (Fsp3) is 0.167. The van der Waals surface area contributed by atoms with Gasteiger partial charge in [0.2, 0.25) is 0 Å². The van der Waals surface area contributed by atoms with Crippen molar-refractivity contribution in [1.82, 2.24) is 4.98 Å². The Hall–Kier alpha value is -1.87. The van der Waals surface area contributed by atoms with Crippen molar-refractivity contribution in [3.8, 4) is 0 Å². The molecule has 1 aliphatic heterocycles. The molecule has 0 bridgehead atoms. The molecule has 0 unspecified atom stereocenters. The van der Waals surface area contributed by atoms with Crippen LogP contribution < -0.4 is 4.90 Å². The van der Waals surface area contributed by atoms with Gasteiger partial charge >= 0.3 is 0 Å². The smallest absolute Gasteiger partial charge is 0.133 e. The van der Waals surface area contributed by atoms with Crippen molar-refractivity contribution in [1.29, 1.82) is 0 Å². The van der Waals surface area contributed by atoms with Gasteiger partial charge in [0.25, 0.3) is 0 Å². The lowest BCUT2D eigenvalue weighted by Crippen LogP contribution is -2.17. The maximum atomic E-state index is 4.91. The zero-order valence-corrected chi connectivity index (χ0v) is 13.2. The van der Waals surface area contributed by atoms with Crippen molar-refractivity contribution in [3.63, 3.8) is 0 Å². The van der Waals surface area contributed by atoms with Crippen LogP contribution in [-0.4, -0.2) is 4.98 Å². The Morgan fingerprint density at radius 1 is 0.952 bits per heavy atom. The second-order valence-electron chi connectivity index (χ2n) is 5.42. The molecular formula is C18H15BrN2. The number of benzene rings is 2. The molecular weight excluding hydrogens is 324 g/mol. The van der Waals surface area contributed by atoms with Crippen LogP contribution in [0.4, 0.5) is 5.82 Å². The van der Waals surface area contributed by atoms with Crippen LogP contribution in [0.15, 0.2) is 54.6 Å². The number of rotatable bonds is 2. The number of hydrogen-bond acceptors (Lipinski definition) is 2. The van der Waals surface area contributed by atoms with E-state index in [-0.39, 0.29) is 0 Å². The maximum absolute atomic E-state index is 4.91. The topological polar surface area (TPSA) is 16.1 Å². The van der Waals surface area contributed by atoms with Crippen LogP contribution in [0.3, 0.4) is 0 Å². The monoisotopic (exact) mass is 338 g/mol. The summed E-state index contributed by atoms with van der Waals surface area (Å²) in [5.41, 5.74) is 5.13. The molecule has 2 aromatic carbocycles. The van der Waals surface area contributed by atoms with Crippen molar-refractivity contribution in [2.75, 3.05) is 4.90 Å². The van der Waals surface area contributed by atoms with Gasteiger partial charge in [-0.15, -0.1) is 0 Å². The Morgan fingerprint density at radius 2 is 1.62 bits per heavy atom. The van der Waals surface area contributed by atoms with Crippen LogP contribution in [0.25, 0.3) is 10.9 Å². The number of halogens is 1. The standard InChI is InChI=1S/C18H15BrN2/c19-10-16-9-13-5-3-4-8-17(13)20-18(16)21-11-14-6-1-2-7-15(14)12-21/h1-9H,10-12H2. The Bertz CT molecular complexity index is 788. The van der Waals surface area contributed by atoms with Crippen LogP contribution in [0.1, 0.15) is 16.7 Å². The Labute approximate surface area is 132 Å². The molecule has 2 nitrogen and oxygen atoms in total. The minimum atomic E-state index is 0.826. The van der Waals surface area contributed by atoms with Crippen LogP contribution in [0.5, 0.6) is 0 Å². The van der Waals surface area contributed by atoms with E-state index >= 15 is 0 Å². The Morgan fingerprint density at radius 3 is 2.33 bits per heavy atom. The minimum Gasteiger partial charge on any atom is -0.348 e. The molecule has 1 aromatic heterocycles. The number of aromatic nitrogens is 1. The molecule has 0 amide bonds. The zero-order valence-electron chi connectivity index (χ0n) is 11.6. The van der Waals surface area contributed by atoms with E-state index in [0.29, 0.717) is 0 Å². The summed E-state index contributed by atoms with van der Waals surface area (Å²) >= 11 is 3.61. The van der Waals surface area contributed by atoms with Crippen molar-refractivity contribution < 1.29 is 0 Å². The predicted molar refractivity (Wildman–Crippen MR) is 90.7 cm³/mol. The molecule has 104 valence electrons. The average Bonchev–Trinajstić information content (AvgIpc) is 2.97. The fourth-order valence-electron chi connectivity index (χ4n) is 3.00. The minimum absolute atomic E-state index is 0.826. The SMILES string of the molecule is BrCc1cc2ccccc2nc1N1Cc2ccccc2C1. The van der Waals surface area contributed by atoms with E-state index in [1.54, 1.807) is 0 Å². The molecule has 0 fully saturated rings. The first kappa shape index (κ1) is 12.8. The molecule has 0 atom stereocenters. The van der Waals surface area contributed by atoms with Gasteiger partial charge in [0.1, 0.15) is 5.82 Å². The number of pyridine rings is 1. The lowest BCUT2D eigenvalue weighted by molar-refractivity contribution is 0.854. The van der Waals surface area contributed by atoms with Gasteiger partial charge in [0, 0.05) is 29.4 Å². The van der Waals surface area contributed by atoms with E-state index in [0.717, 1.165) is 29.8 Å². The summed E-state index contributed by atoms with van der Waals surface area (Å²) in [4.78, 5) is 7.28. The Kier molecular flexibility index (Phi) is 3.15. The molecule has 0 N–H and O–H groups in total. The first-order valence-corrected chi connectivity index (χ1v) is 8.23. The molecule has 21 heavy (non-hydrogen) atoms. The van der Waals surface area contributed by atoms with Gasteiger partial charge in [-0.25, -0.2) is 4.98 Å². The molecule has 0 radical (unpaired) electrons. The Balaban J connectivity index is 1.80. The van der Waals surface area contributed by atoms with Gasteiger partial charge in [0.05, 0.1) is 5.52 Å². The quantitative estimate of drug-likeness (QED) is 0.632. The summed E-state index contributed by atoms with van der Waals surface area (Å²) < 4.78 is 0. The van der Waals surface area contributed by atoms with Crippen LogP contribution in [-0.2, 0) is 18.4 Å². The second-order valence-corrected chi connectivity index (χ2v) is 5.98. The molecule has 3 aromatic rings. The molecule has 3 heteroatoms. The number of alkyl halides is 1. The molecule has 2 heterocycles. The molecule has 0 saturated carbocycles. The average molecular weight is 339 g/mol. The molecule has 0 spiro atoms. The maximum Gasteiger partial charge on any atom is 0.133 e. The number of nitrogens with zero attached hydrogens (tertiary/aromatic N) is 2. The zero-order chi connectivity index (χ0) is 14.2. The van der Waals surface area contributed by atoms with Gasteiger partial charge < -0.3 is 4.90 Å². The lowest BCUT2D eigenvalue weighted by atomic mass is 10.1. The fourth-order valence-corrected chi connectivity index (χ4v) is 3.42. The third-order valence-electron chi connectivity index (χ3n) is 4.06. The normalized spacial score (nSPS) is 13.7. The van der Waals surface area contributed by atoms with Gasteiger partial charge in [-0.2, -0.15) is 0 Å². The third kappa shape index (κ3) is 2.22. The highest BCUT2D eigenvalue weighted by molar-refractivity contribution is 9.08. The van der Waals surface area contributed by atoms with Crippen molar-refractivity contribution >= 4 is 32.7 Å². The highest BCUT2D eigenvalue weighted by Crippen LogP contribution is 2.32. The van der Waals surface area contributed by atoms with E-state index < -0.39 is 0 Å². The third-order valence-corrected chi connectivity index (χ3v) is 4.67. The number of hydrogen-bond donors (Lipinski definition) is 0. The van der Waals surface area contributed by atoms with Gasteiger partial charge in [-0.3, -0.25) is 0 Å². The summed E-state index contributed by atoms with van der Waals surface area (Å²) in [7, 11) is 0. The number of anilines is 1. The summed E-state index contributed by atoms with van der Waals surface area (Å²) in [5, 5.41) is 2.03. The second kappa shape index (κ2) is 5.15. The van der Waals surface area contributed by atoms with E-state index in [9.17, 15) is 0 Å². The van der Waals surface area contributed by atoms with E-state index in [4.69, 9.17) is 4.98 Å². The van der Waals surface area contributed by atoms with Crippen molar-refractivity contribution in [3.05, 3.63) is 71.3 Å². The first-order chi connectivity index (χ1) is 10.3. The highest BCUT2D eigenvalue weighted by Gasteiger charge is 2.22. The number of fused-ring (bicyclic) bond motifs is 2. The summed E-state index contributed by atoms with van der Waals surface area (Å²) in [6.45, 7) is 1.89. The number of para-hydroxylation sites is 1. The molecule has 0 saturated heterocycles. The highest BCUT2D eigenvalue weighted by atomic mass is 79.9. The van der Waals surface area contributed by atoms with E-state index in [1.807, 2.05) is 6.07 Å². The van der Waals surface area contributed by atoms with Crippen LogP contribution in [0.2, 0.25) is 0 Å². The lowest BCUT2D eigenvalue weighted by Gasteiger charge is -2.20. The molecule has 1 aliphatic rings. The van der Waals surface area contributed by atoms with Gasteiger partial charge in [-0.1, -0.05) is 58.4 Å². The van der Waals surface area contributed by atoms with Crippen molar-refractivity contribution in [2.24, 2.45) is 0 Å². The van der Waals surface area contributed by atoms with Gasteiger partial charge in [0.15, 0.2) is 0 Å². The van der Waals surface area contributed by atoms with Crippen LogP contribution in [0, 0.1) is 0 Å². The largest absolute Gasteiger partial charge is 0.348 e. The summed E-state index contributed by atoms with van der Waals surface area (Å²) in [5.74, 6) is 1.10. The molecule has 0 aliphatic carbocycles. The summed E-state index contributed by atoms with van der Waals surface area (Å²) in [6.07, 6.45) is 0. The molecule has 4 rings (SSSR count). The first-order valence-electron chi connectivity index (χ1n) is 7.11. The van der Waals surface area contributed by atoms with Gasteiger partial charge in [-0.05, 0) is 23.3 Å². The van der Waals surface area contributed by atoms with E-state index in [1.165, 1.54) is 22.1 Å². The predicted octanol–water partition coefficient (Wildman–Crippen LogP) is 4.65. The van der Waals surface area contributed by atoms with Crippen molar-refractivity contribution in [2.45, 2.75) is 18.4 Å².